The Balaban J connectivity index is 1.47. The lowest BCUT2D eigenvalue weighted by Gasteiger charge is -2.16. The largest absolute Gasteiger partial charge is 0.438 e. The van der Waals surface area contributed by atoms with Gasteiger partial charge in [0.25, 0.3) is 5.91 Å². The van der Waals surface area contributed by atoms with Gasteiger partial charge in [-0.2, -0.15) is 20.3 Å². The van der Waals surface area contributed by atoms with Crippen LogP contribution >= 0.6 is 0 Å². The van der Waals surface area contributed by atoms with Crippen molar-refractivity contribution >= 4 is 16.9 Å². The van der Waals surface area contributed by atoms with Crippen LogP contribution in [-0.2, 0) is 19.0 Å². The molecule has 0 bridgehead atoms. The lowest BCUT2D eigenvalue weighted by molar-refractivity contribution is 0.0948. The van der Waals surface area contributed by atoms with Gasteiger partial charge >= 0.3 is 0 Å². The zero-order valence-electron chi connectivity index (χ0n) is 18.0. The summed E-state index contributed by atoms with van der Waals surface area (Å²) in [7, 11) is 1.75. The average molecular weight is 426 g/mol. The molecular formula is C24H22N6O2. The summed E-state index contributed by atoms with van der Waals surface area (Å²) in [6.07, 6.45) is 1.57. The topological polar surface area (TPSA) is 106 Å². The first-order chi connectivity index (χ1) is 15.4. The van der Waals surface area contributed by atoms with Crippen LogP contribution in [0.25, 0.3) is 11.0 Å². The molecular weight excluding hydrogens is 404 g/mol. The summed E-state index contributed by atoms with van der Waals surface area (Å²) in [6, 6.07) is 18.6. The molecule has 4 rings (SSSR count). The zero-order valence-corrected chi connectivity index (χ0v) is 18.0. The normalized spacial score (nSPS) is 11.2. The van der Waals surface area contributed by atoms with Crippen LogP contribution < -0.4 is 10.1 Å². The van der Waals surface area contributed by atoms with E-state index in [1.807, 2.05) is 38.1 Å². The molecule has 0 unspecified atom stereocenters. The van der Waals surface area contributed by atoms with E-state index in [0.29, 0.717) is 23.4 Å². The van der Waals surface area contributed by atoms with Gasteiger partial charge in [-0.05, 0) is 49.2 Å². The van der Waals surface area contributed by atoms with Crippen molar-refractivity contribution in [2.45, 2.75) is 25.8 Å². The van der Waals surface area contributed by atoms with Crippen LogP contribution in [0, 0.1) is 11.3 Å². The third kappa shape index (κ3) is 4.42. The van der Waals surface area contributed by atoms with Gasteiger partial charge in [-0.25, -0.2) is 4.98 Å². The van der Waals surface area contributed by atoms with E-state index in [1.54, 1.807) is 43.6 Å². The maximum absolute atomic E-state index is 12.8. The molecule has 2 aromatic carbocycles. The van der Waals surface area contributed by atoms with Crippen LogP contribution in [0.5, 0.6) is 11.6 Å². The molecule has 0 radical (unpaired) electrons. The fourth-order valence-electron chi connectivity index (χ4n) is 3.20. The third-order valence-electron chi connectivity index (χ3n) is 5.09. The summed E-state index contributed by atoms with van der Waals surface area (Å²) < 4.78 is 5.89. The first-order valence-corrected chi connectivity index (χ1v) is 10.1. The molecule has 0 fully saturated rings. The van der Waals surface area contributed by atoms with Crippen LogP contribution in [0.3, 0.4) is 0 Å². The van der Waals surface area contributed by atoms with Gasteiger partial charge in [0.05, 0.1) is 11.5 Å². The van der Waals surface area contributed by atoms with Gasteiger partial charge in [-0.3, -0.25) is 4.79 Å². The second kappa shape index (κ2) is 8.47. The quantitative estimate of drug-likeness (QED) is 0.501. The van der Waals surface area contributed by atoms with Gasteiger partial charge in [0.15, 0.2) is 0 Å². The molecule has 0 atom stereocenters. The zero-order chi connectivity index (χ0) is 22.7. The van der Waals surface area contributed by atoms with E-state index < -0.39 is 5.41 Å². The number of fused-ring (bicyclic) bond motifs is 1. The maximum Gasteiger partial charge on any atom is 0.257 e. The maximum atomic E-state index is 12.8. The first kappa shape index (κ1) is 21.0. The average Bonchev–Trinajstić information content (AvgIpc) is 3.17. The SMILES string of the molecule is Cn1nc2ccc(Oc3ncccc3C(=O)NCc3ccc(C(C)(C)C#N)cc3)cc2n1. The van der Waals surface area contributed by atoms with Gasteiger partial charge in [0, 0.05) is 25.9 Å². The van der Waals surface area contributed by atoms with Gasteiger partial charge < -0.3 is 10.1 Å². The Bertz CT molecular complexity index is 1320. The molecule has 8 heteroatoms. The van der Waals surface area contributed by atoms with Crippen LogP contribution in [0.15, 0.2) is 60.8 Å². The number of nitrogens with zero attached hydrogens (tertiary/aromatic N) is 5. The van der Waals surface area contributed by atoms with E-state index in [-0.39, 0.29) is 11.8 Å². The molecule has 1 amide bonds. The minimum atomic E-state index is -0.557. The predicted octanol–water partition coefficient (Wildman–Crippen LogP) is 3.89. The minimum Gasteiger partial charge on any atom is -0.438 e. The summed E-state index contributed by atoms with van der Waals surface area (Å²) >= 11 is 0. The summed E-state index contributed by atoms with van der Waals surface area (Å²) in [5.41, 5.74) is 3.07. The van der Waals surface area contributed by atoms with E-state index in [2.05, 4.69) is 26.6 Å². The Morgan fingerprint density at radius 2 is 1.88 bits per heavy atom. The second-order valence-corrected chi connectivity index (χ2v) is 7.91. The molecule has 0 saturated carbocycles. The molecule has 2 heterocycles. The number of aryl methyl sites for hydroxylation is 1. The molecule has 32 heavy (non-hydrogen) atoms. The van der Waals surface area contributed by atoms with Crippen LogP contribution in [0.4, 0.5) is 0 Å². The minimum absolute atomic E-state index is 0.208. The Kier molecular flexibility index (Phi) is 5.56. The molecule has 160 valence electrons. The van der Waals surface area contributed by atoms with Crippen molar-refractivity contribution in [2.24, 2.45) is 7.05 Å². The molecule has 0 spiro atoms. The van der Waals surface area contributed by atoms with Crippen LogP contribution in [-0.4, -0.2) is 25.9 Å². The number of carbonyl (C=O) groups excluding carboxylic acids is 1. The summed E-state index contributed by atoms with van der Waals surface area (Å²) in [4.78, 5) is 18.5. The van der Waals surface area contributed by atoms with Gasteiger partial charge in [0.2, 0.25) is 5.88 Å². The molecule has 1 N–H and O–H groups in total. The number of nitrogens with one attached hydrogen (secondary N) is 1. The van der Waals surface area contributed by atoms with E-state index in [0.717, 1.165) is 16.6 Å². The Hall–Kier alpha value is -4.25. The van der Waals surface area contributed by atoms with Gasteiger partial charge in [-0.15, -0.1) is 0 Å². The number of nitriles is 1. The number of pyridine rings is 1. The van der Waals surface area contributed by atoms with E-state index >= 15 is 0 Å². The second-order valence-electron chi connectivity index (χ2n) is 7.91. The lowest BCUT2D eigenvalue weighted by atomic mass is 9.86. The van der Waals surface area contributed by atoms with Crippen molar-refractivity contribution in [2.75, 3.05) is 0 Å². The number of benzene rings is 2. The van der Waals surface area contributed by atoms with Crippen molar-refractivity contribution in [3.63, 3.8) is 0 Å². The Morgan fingerprint density at radius 3 is 2.62 bits per heavy atom. The fraction of sp³-hybridized carbons (Fsp3) is 0.208. The number of hydrogen-bond acceptors (Lipinski definition) is 6. The van der Waals surface area contributed by atoms with E-state index in [1.165, 1.54) is 4.80 Å². The standard InChI is InChI=1S/C24H22N6O2/c1-24(2,15-25)17-8-6-16(7-9-17)14-27-22(31)19-5-4-12-26-23(19)32-18-10-11-20-21(13-18)29-30(3)28-20/h4-13H,14H2,1-3H3,(H,27,31). The predicted molar refractivity (Wildman–Crippen MR) is 119 cm³/mol. The van der Waals surface area contributed by atoms with E-state index in [9.17, 15) is 10.1 Å². The molecule has 4 aromatic rings. The lowest BCUT2D eigenvalue weighted by Crippen LogP contribution is -2.23. The first-order valence-electron chi connectivity index (χ1n) is 10.1. The fourth-order valence-corrected chi connectivity index (χ4v) is 3.20. The van der Waals surface area contributed by atoms with Gasteiger partial charge in [-0.1, -0.05) is 24.3 Å². The molecule has 0 aliphatic heterocycles. The molecule has 2 aromatic heterocycles. The molecule has 0 saturated heterocycles. The Labute approximate surface area is 185 Å². The van der Waals surface area contributed by atoms with Crippen molar-refractivity contribution in [1.82, 2.24) is 25.3 Å². The van der Waals surface area contributed by atoms with Crippen LogP contribution in [0.1, 0.15) is 35.3 Å². The van der Waals surface area contributed by atoms with Crippen molar-refractivity contribution in [3.8, 4) is 17.7 Å². The number of amides is 1. The molecule has 0 aliphatic carbocycles. The Morgan fingerprint density at radius 1 is 1.12 bits per heavy atom. The highest BCUT2D eigenvalue weighted by Gasteiger charge is 2.19. The van der Waals surface area contributed by atoms with Crippen molar-refractivity contribution < 1.29 is 9.53 Å². The van der Waals surface area contributed by atoms with Crippen molar-refractivity contribution in [3.05, 3.63) is 77.5 Å². The number of rotatable bonds is 6. The summed E-state index contributed by atoms with van der Waals surface area (Å²) in [5.74, 6) is 0.427. The number of carbonyl (C=O) groups is 1. The number of hydrogen-bond donors (Lipinski definition) is 1. The highest BCUT2D eigenvalue weighted by Crippen LogP contribution is 2.26. The van der Waals surface area contributed by atoms with Gasteiger partial charge in [0.1, 0.15) is 22.3 Å². The highest BCUT2D eigenvalue weighted by atomic mass is 16.5. The molecule has 0 aliphatic rings. The van der Waals surface area contributed by atoms with Crippen molar-refractivity contribution in [1.29, 1.82) is 5.26 Å². The third-order valence-corrected chi connectivity index (χ3v) is 5.09. The number of aromatic nitrogens is 4. The molecule has 8 nitrogen and oxygen atoms in total. The van der Waals surface area contributed by atoms with E-state index in [4.69, 9.17) is 4.74 Å². The monoisotopic (exact) mass is 426 g/mol. The highest BCUT2D eigenvalue weighted by molar-refractivity contribution is 5.96. The smallest absolute Gasteiger partial charge is 0.257 e. The number of ether oxygens (including phenoxy) is 1. The summed E-state index contributed by atoms with van der Waals surface area (Å²) in [5, 5.41) is 20.7. The van der Waals surface area contributed by atoms with Crippen LogP contribution in [0.2, 0.25) is 0 Å². The summed E-state index contributed by atoms with van der Waals surface area (Å²) in [6.45, 7) is 4.08.